The number of nitriles is 1. The maximum Gasteiger partial charge on any atom is 0.316 e. The Kier molecular flexibility index (Phi) is 5.42. The number of nitrogens with zero attached hydrogens (tertiary/aromatic N) is 1. The van der Waals surface area contributed by atoms with Crippen molar-refractivity contribution in [3.8, 4) is 6.07 Å². The molecule has 0 saturated carbocycles. The Bertz CT molecular complexity index is 602. The van der Waals surface area contributed by atoms with Gasteiger partial charge in [-0.05, 0) is 18.4 Å². The Balaban J connectivity index is 2.20. The highest BCUT2D eigenvalue weighted by molar-refractivity contribution is 8.03. The molecule has 0 unspecified atom stereocenters. The molecule has 0 fully saturated rings. The molecule has 1 aromatic heterocycles. The van der Waals surface area contributed by atoms with E-state index in [1.807, 2.05) is 17.5 Å². The van der Waals surface area contributed by atoms with Gasteiger partial charge in [0.25, 0.3) is 0 Å². The van der Waals surface area contributed by atoms with E-state index in [2.05, 4.69) is 11.4 Å². The Labute approximate surface area is 131 Å². The monoisotopic (exact) mass is 322 g/mol. The number of hydrogen-bond acceptors (Lipinski definition) is 6. The lowest BCUT2D eigenvalue weighted by Gasteiger charge is -2.23. The summed E-state index contributed by atoms with van der Waals surface area (Å²) in [6.45, 7) is 2.05. The van der Waals surface area contributed by atoms with Crippen molar-refractivity contribution in [1.82, 2.24) is 5.32 Å². The normalized spacial score (nSPS) is 18.1. The van der Waals surface area contributed by atoms with Crippen molar-refractivity contribution in [2.75, 3.05) is 12.4 Å². The summed E-state index contributed by atoms with van der Waals surface area (Å²) in [6.07, 6.45) is 0.257. The fraction of sp³-hybridized carbons (Fsp3) is 0.357. The lowest BCUT2D eigenvalue weighted by atomic mass is 9.93. The van der Waals surface area contributed by atoms with Gasteiger partial charge >= 0.3 is 5.97 Å². The van der Waals surface area contributed by atoms with Crippen molar-refractivity contribution in [2.45, 2.75) is 19.3 Å². The first-order valence-electron chi connectivity index (χ1n) is 6.41. The van der Waals surface area contributed by atoms with Crippen LogP contribution in [0, 0.1) is 11.3 Å². The molecule has 2 rings (SSSR count). The number of ether oxygens (including phenoxy) is 1. The maximum atomic E-state index is 11.8. The van der Waals surface area contributed by atoms with Crippen LogP contribution in [0.25, 0.3) is 0 Å². The summed E-state index contributed by atoms with van der Waals surface area (Å²) in [4.78, 5) is 24.2. The van der Waals surface area contributed by atoms with E-state index < -0.39 is 0 Å². The second kappa shape index (κ2) is 7.29. The predicted molar refractivity (Wildman–Crippen MR) is 81.5 cm³/mol. The van der Waals surface area contributed by atoms with Crippen LogP contribution >= 0.6 is 23.1 Å². The number of carbonyl (C=O) groups excluding carboxylic acids is 2. The van der Waals surface area contributed by atoms with Crippen molar-refractivity contribution >= 4 is 35.0 Å². The Morgan fingerprint density at radius 1 is 1.67 bits per heavy atom. The SMILES string of the molecule is CCOC(=O)CSC1=C(C#N)[C@H](c2cccs2)CC(=O)N1. The van der Waals surface area contributed by atoms with Gasteiger partial charge in [0.15, 0.2) is 0 Å². The van der Waals surface area contributed by atoms with Gasteiger partial charge in [0.1, 0.15) is 0 Å². The molecule has 1 aliphatic rings. The predicted octanol–water partition coefficient (Wildman–Crippen LogP) is 2.38. The first-order chi connectivity index (χ1) is 10.2. The number of esters is 1. The van der Waals surface area contributed by atoms with Gasteiger partial charge < -0.3 is 10.1 Å². The van der Waals surface area contributed by atoms with E-state index in [0.29, 0.717) is 17.2 Å². The van der Waals surface area contributed by atoms with Crippen LogP contribution in [0.5, 0.6) is 0 Å². The van der Waals surface area contributed by atoms with E-state index in [4.69, 9.17) is 4.74 Å². The Hall–Kier alpha value is -1.78. The van der Waals surface area contributed by atoms with Gasteiger partial charge in [-0.15, -0.1) is 11.3 Å². The zero-order valence-corrected chi connectivity index (χ0v) is 13.1. The van der Waals surface area contributed by atoms with Gasteiger partial charge in [-0.2, -0.15) is 5.26 Å². The number of allylic oxidation sites excluding steroid dienone is 1. The largest absolute Gasteiger partial charge is 0.465 e. The van der Waals surface area contributed by atoms with Crippen molar-refractivity contribution in [3.05, 3.63) is 33.0 Å². The van der Waals surface area contributed by atoms with Gasteiger partial charge in [-0.25, -0.2) is 0 Å². The first kappa shape index (κ1) is 15.6. The number of nitrogens with one attached hydrogen (secondary N) is 1. The molecule has 0 radical (unpaired) electrons. The molecule has 7 heteroatoms. The molecule has 0 bridgehead atoms. The highest BCUT2D eigenvalue weighted by atomic mass is 32.2. The summed E-state index contributed by atoms with van der Waals surface area (Å²) in [6, 6.07) is 5.98. The highest BCUT2D eigenvalue weighted by Gasteiger charge is 2.30. The van der Waals surface area contributed by atoms with Crippen LogP contribution in [0.1, 0.15) is 24.1 Å². The average molecular weight is 322 g/mol. The summed E-state index contributed by atoms with van der Waals surface area (Å²) in [5.41, 5.74) is 0.506. The summed E-state index contributed by atoms with van der Waals surface area (Å²) in [7, 11) is 0. The van der Waals surface area contributed by atoms with Crippen LogP contribution in [0.3, 0.4) is 0 Å². The van der Waals surface area contributed by atoms with Crippen LogP contribution in [0.15, 0.2) is 28.1 Å². The molecule has 0 saturated heterocycles. The number of amides is 1. The number of hydrogen-bond donors (Lipinski definition) is 1. The van der Waals surface area contributed by atoms with Gasteiger partial charge in [0, 0.05) is 17.2 Å². The lowest BCUT2D eigenvalue weighted by Crippen LogP contribution is -2.31. The van der Waals surface area contributed by atoms with Gasteiger partial charge in [-0.1, -0.05) is 17.8 Å². The van der Waals surface area contributed by atoms with E-state index in [9.17, 15) is 14.9 Å². The second-order valence-corrected chi connectivity index (χ2v) is 6.23. The van der Waals surface area contributed by atoms with Crippen molar-refractivity contribution in [1.29, 1.82) is 5.26 Å². The van der Waals surface area contributed by atoms with E-state index in [-0.39, 0.29) is 30.0 Å². The van der Waals surface area contributed by atoms with Crippen molar-refractivity contribution in [2.24, 2.45) is 0 Å². The number of thioether (sulfide) groups is 1. The second-order valence-electron chi connectivity index (χ2n) is 4.27. The molecule has 0 aliphatic carbocycles. The number of rotatable bonds is 5. The van der Waals surface area contributed by atoms with Gasteiger partial charge in [0.05, 0.1) is 29.0 Å². The van der Waals surface area contributed by atoms with Gasteiger partial charge in [0.2, 0.25) is 5.91 Å². The molecule has 5 nitrogen and oxygen atoms in total. The molecule has 1 amide bonds. The quantitative estimate of drug-likeness (QED) is 0.842. The molecule has 1 aromatic rings. The average Bonchev–Trinajstić information content (AvgIpc) is 2.99. The standard InChI is InChI=1S/C14H14N2O3S2/c1-2-19-13(18)8-21-14-10(7-15)9(6-12(17)16-14)11-4-3-5-20-11/h3-5,9H,2,6,8H2,1H3,(H,16,17)/t9-/m1/s1. The summed E-state index contributed by atoms with van der Waals surface area (Å²) in [5.74, 6) is -0.654. The molecular weight excluding hydrogens is 308 g/mol. The summed E-state index contributed by atoms with van der Waals surface area (Å²) < 4.78 is 4.85. The van der Waals surface area contributed by atoms with Crippen molar-refractivity contribution in [3.63, 3.8) is 0 Å². The minimum atomic E-state index is -0.361. The van der Waals surface area contributed by atoms with Crippen molar-refractivity contribution < 1.29 is 14.3 Å². The fourth-order valence-electron chi connectivity index (χ4n) is 2.00. The van der Waals surface area contributed by atoms with Crippen LogP contribution in [0.4, 0.5) is 0 Å². The molecule has 1 atom stereocenters. The maximum absolute atomic E-state index is 11.8. The lowest BCUT2D eigenvalue weighted by molar-refractivity contribution is -0.139. The Morgan fingerprint density at radius 2 is 2.48 bits per heavy atom. The van der Waals surface area contributed by atoms with Crippen LogP contribution in [0.2, 0.25) is 0 Å². The zero-order valence-electron chi connectivity index (χ0n) is 11.4. The minimum Gasteiger partial charge on any atom is -0.465 e. The third-order valence-corrected chi connectivity index (χ3v) is 4.86. The molecule has 0 aromatic carbocycles. The topological polar surface area (TPSA) is 79.2 Å². The molecule has 2 heterocycles. The van der Waals surface area contributed by atoms with E-state index in [1.165, 1.54) is 11.3 Å². The minimum absolute atomic E-state index is 0.0752. The van der Waals surface area contributed by atoms with E-state index >= 15 is 0 Å². The summed E-state index contributed by atoms with van der Waals surface area (Å²) >= 11 is 2.66. The number of carbonyl (C=O) groups is 2. The molecule has 110 valence electrons. The van der Waals surface area contributed by atoms with Crippen LogP contribution in [-0.2, 0) is 14.3 Å². The smallest absolute Gasteiger partial charge is 0.316 e. The Morgan fingerprint density at radius 3 is 3.10 bits per heavy atom. The zero-order chi connectivity index (χ0) is 15.2. The summed E-state index contributed by atoms with van der Waals surface area (Å²) in [5, 5.41) is 14.5. The van der Waals surface area contributed by atoms with E-state index in [1.54, 1.807) is 6.92 Å². The molecule has 1 N–H and O–H groups in total. The molecular formula is C14H14N2O3S2. The van der Waals surface area contributed by atoms with Crippen LogP contribution < -0.4 is 5.32 Å². The molecule has 0 spiro atoms. The van der Waals surface area contributed by atoms with Crippen LogP contribution in [-0.4, -0.2) is 24.2 Å². The third-order valence-electron chi connectivity index (χ3n) is 2.88. The first-order valence-corrected chi connectivity index (χ1v) is 8.28. The number of thiophene rings is 1. The third kappa shape index (κ3) is 3.86. The highest BCUT2D eigenvalue weighted by Crippen LogP contribution is 2.37. The van der Waals surface area contributed by atoms with E-state index in [0.717, 1.165) is 16.6 Å². The molecule has 21 heavy (non-hydrogen) atoms. The fourth-order valence-corrected chi connectivity index (χ4v) is 3.71. The molecule has 1 aliphatic heterocycles. The van der Waals surface area contributed by atoms with Gasteiger partial charge in [-0.3, -0.25) is 9.59 Å².